The summed E-state index contributed by atoms with van der Waals surface area (Å²) in [6, 6.07) is 20.0. The summed E-state index contributed by atoms with van der Waals surface area (Å²) in [4.78, 5) is 12.9. The van der Waals surface area contributed by atoms with E-state index in [1.54, 1.807) is 0 Å². The van der Waals surface area contributed by atoms with Crippen LogP contribution in [0.25, 0.3) is 11.1 Å². The number of aryl methyl sites for hydroxylation is 2. The highest BCUT2D eigenvalue weighted by molar-refractivity contribution is 6.00. The molecule has 3 aromatic rings. The Balaban J connectivity index is 1.93. The summed E-state index contributed by atoms with van der Waals surface area (Å²) in [6.45, 7) is 4.05. The van der Waals surface area contributed by atoms with E-state index in [4.69, 9.17) is 0 Å². The van der Waals surface area contributed by atoms with Crippen molar-refractivity contribution in [3.05, 3.63) is 83.7 Å². The molecular formula is C21H22N2O. The Morgan fingerprint density at radius 3 is 2.21 bits per heavy atom. The standard InChI is InChI=1S/C21H22N2O/c1-15-14-23(3)20(19(15)18-12-8-5-9-13-18)21(24)22-16(2)17-10-6-4-7-11-17/h4-14,16H,1-3H3,(H,22,24). The Hall–Kier alpha value is -2.81. The van der Waals surface area contributed by atoms with Gasteiger partial charge in [-0.15, -0.1) is 0 Å². The van der Waals surface area contributed by atoms with Gasteiger partial charge in [0.25, 0.3) is 5.91 Å². The zero-order valence-electron chi connectivity index (χ0n) is 14.3. The highest BCUT2D eigenvalue weighted by atomic mass is 16.2. The van der Waals surface area contributed by atoms with E-state index in [0.29, 0.717) is 5.69 Å². The SMILES string of the molecule is Cc1cn(C)c(C(=O)NC(C)c2ccccc2)c1-c1ccccc1. The second-order valence-electron chi connectivity index (χ2n) is 6.12. The lowest BCUT2D eigenvalue weighted by molar-refractivity contribution is 0.0932. The van der Waals surface area contributed by atoms with Crippen molar-refractivity contribution in [2.24, 2.45) is 7.05 Å². The van der Waals surface area contributed by atoms with E-state index in [-0.39, 0.29) is 11.9 Å². The normalized spacial score (nSPS) is 12.0. The van der Waals surface area contributed by atoms with Gasteiger partial charge in [0, 0.05) is 18.8 Å². The molecule has 1 heterocycles. The molecule has 0 bridgehead atoms. The van der Waals surface area contributed by atoms with Crippen LogP contribution in [-0.2, 0) is 7.05 Å². The molecule has 1 N–H and O–H groups in total. The summed E-state index contributed by atoms with van der Waals surface area (Å²) in [5, 5.41) is 3.12. The summed E-state index contributed by atoms with van der Waals surface area (Å²) >= 11 is 0. The smallest absolute Gasteiger partial charge is 0.269 e. The number of amides is 1. The van der Waals surface area contributed by atoms with E-state index in [1.165, 1.54) is 0 Å². The average Bonchev–Trinajstić information content (AvgIpc) is 2.90. The Kier molecular flexibility index (Phi) is 4.52. The van der Waals surface area contributed by atoms with Crippen LogP contribution in [0.5, 0.6) is 0 Å². The largest absolute Gasteiger partial charge is 0.346 e. The molecule has 1 aromatic heterocycles. The lowest BCUT2D eigenvalue weighted by atomic mass is 10.0. The zero-order chi connectivity index (χ0) is 17.1. The molecule has 0 saturated heterocycles. The summed E-state index contributed by atoms with van der Waals surface area (Å²) in [5.41, 5.74) is 4.95. The van der Waals surface area contributed by atoms with Crippen molar-refractivity contribution in [3.8, 4) is 11.1 Å². The van der Waals surface area contributed by atoms with Gasteiger partial charge in [-0.2, -0.15) is 0 Å². The number of benzene rings is 2. The van der Waals surface area contributed by atoms with Crippen LogP contribution in [-0.4, -0.2) is 10.5 Å². The van der Waals surface area contributed by atoms with Gasteiger partial charge < -0.3 is 9.88 Å². The van der Waals surface area contributed by atoms with Gasteiger partial charge in [0.1, 0.15) is 5.69 Å². The van der Waals surface area contributed by atoms with Crippen LogP contribution >= 0.6 is 0 Å². The van der Waals surface area contributed by atoms with E-state index in [2.05, 4.69) is 5.32 Å². The summed E-state index contributed by atoms with van der Waals surface area (Å²) < 4.78 is 1.91. The number of aromatic nitrogens is 1. The number of rotatable bonds is 4. The quantitative estimate of drug-likeness (QED) is 0.755. The minimum Gasteiger partial charge on any atom is -0.346 e. The Morgan fingerprint density at radius 1 is 1.00 bits per heavy atom. The minimum atomic E-state index is -0.0548. The maximum atomic E-state index is 12.9. The van der Waals surface area contributed by atoms with E-state index in [1.807, 2.05) is 92.3 Å². The summed E-state index contributed by atoms with van der Waals surface area (Å²) in [5.74, 6) is -0.0548. The maximum Gasteiger partial charge on any atom is 0.269 e. The fourth-order valence-corrected chi connectivity index (χ4v) is 3.12. The van der Waals surface area contributed by atoms with Crippen LogP contribution in [0.4, 0.5) is 0 Å². The first-order valence-electron chi connectivity index (χ1n) is 8.15. The van der Waals surface area contributed by atoms with E-state index < -0.39 is 0 Å². The first-order valence-corrected chi connectivity index (χ1v) is 8.15. The molecule has 0 radical (unpaired) electrons. The van der Waals surface area contributed by atoms with Crippen molar-refractivity contribution in [2.75, 3.05) is 0 Å². The molecule has 0 aliphatic heterocycles. The molecule has 3 rings (SSSR count). The van der Waals surface area contributed by atoms with Crippen molar-refractivity contribution in [2.45, 2.75) is 19.9 Å². The van der Waals surface area contributed by atoms with Gasteiger partial charge in [0.15, 0.2) is 0 Å². The van der Waals surface area contributed by atoms with Gasteiger partial charge in [-0.3, -0.25) is 4.79 Å². The first kappa shape index (κ1) is 16.1. The van der Waals surface area contributed by atoms with Gasteiger partial charge in [0.05, 0.1) is 6.04 Å². The number of nitrogens with one attached hydrogen (secondary N) is 1. The number of nitrogens with zero attached hydrogens (tertiary/aromatic N) is 1. The third-order valence-electron chi connectivity index (χ3n) is 4.30. The molecule has 0 aliphatic carbocycles. The highest BCUT2D eigenvalue weighted by Crippen LogP contribution is 2.29. The van der Waals surface area contributed by atoms with Gasteiger partial charge >= 0.3 is 0 Å². The van der Waals surface area contributed by atoms with Crippen molar-refractivity contribution < 1.29 is 4.79 Å². The van der Waals surface area contributed by atoms with Crippen LogP contribution in [0.2, 0.25) is 0 Å². The van der Waals surface area contributed by atoms with Crippen LogP contribution in [0, 0.1) is 6.92 Å². The van der Waals surface area contributed by atoms with Gasteiger partial charge in [0.2, 0.25) is 0 Å². The molecule has 0 saturated carbocycles. The molecule has 122 valence electrons. The van der Waals surface area contributed by atoms with Crippen molar-refractivity contribution in [1.29, 1.82) is 0 Å². The minimum absolute atomic E-state index is 0.0440. The lowest BCUT2D eigenvalue weighted by Crippen LogP contribution is -2.28. The molecule has 1 atom stereocenters. The maximum absolute atomic E-state index is 12.9. The topological polar surface area (TPSA) is 34.0 Å². The van der Waals surface area contributed by atoms with E-state index >= 15 is 0 Å². The van der Waals surface area contributed by atoms with Crippen LogP contribution in [0.1, 0.15) is 34.6 Å². The third-order valence-corrected chi connectivity index (χ3v) is 4.30. The second kappa shape index (κ2) is 6.75. The Bertz CT molecular complexity index is 835. The van der Waals surface area contributed by atoms with Crippen LogP contribution in [0.3, 0.4) is 0 Å². The number of hydrogen-bond acceptors (Lipinski definition) is 1. The zero-order valence-corrected chi connectivity index (χ0v) is 14.3. The van der Waals surface area contributed by atoms with Crippen molar-refractivity contribution in [3.63, 3.8) is 0 Å². The van der Waals surface area contributed by atoms with Crippen molar-refractivity contribution >= 4 is 5.91 Å². The molecule has 0 spiro atoms. The first-order chi connectivity index (χ1) is 11.6. The number of carbonyl (C=O) groups excluding carboxylic acids is 1. The molecule has 2 aromatic carbocycles. The van der Waals surface area contributed by atoms with Crippen LogP contribution in [0.15, 0.2) is 66.9 Å². The third kappa shape index (κ3) is 3.11. The lowest BCUT2D eigenvalue weighted by Gasteiger charge is -2.16. The molecule has 3 heteroatoms. The fraction of sp³-hybridized carbons (Fsp3) is 0.190. The monoisotopic (exact) mass is 318 g/mol. The molecule has 3 nitrogen and oxygen atoms in total. The van der Waals surface area contributed by atoms with Crippen molar-refractivity contribution in [1.82, 2.24) is 9.88 Å². The van der Waals surface area contributed by atoms with E-state index in [0.717, 1.165) is 22.3 Å². The molecular weight excluding hydrogens is 296 g/mol. The van der Waals surface area contributed by atoms with E-state index in [9.17, 15) is 4.79 Å². The van der Waals surface area contributed by atoms with Gasteiger partial charge in [-0.25, -0.2) is 0 Å². The van der Waals surface area contributed by atoms with Gasteiger partial charge in [-0.1, -0.05) is 60.7 Å². The Labute approximate surface area is 143 Å². The predicted octanol–water partition coefficient (Wildman–Crippen LogP) is 4.49. The molecule has 24 heavy (non-hydrogen) atoms. The molecule has 0 aliphatic rings. The number of hydrogen-bond donors (Lipinski definition) is 1. The predicted molar refractivity (Wildman–Crippen MR) is 97.9 cm³/mol. The second-order valence-corrected chi connectivity index (χ2v) is 6.12. The number of carbonyl (C=O) groups is 1. The summed E-state index contributed by atoms with van der Waals surface area (Å²) in [6.07, 6.45) is 2.00. The molecule has 1 unspecified atom stereocenters. The molecule has 0 fully saturated rings. The average molecular weight is 318 g/mol. The summed E-state index contributed by atoms with van der Waals surface area (Å²) in [7, 11) is 1.92. The Morgan fingerprint density at radius 2 is 1.58 bits per heavy atom. The fourth-order valence-electron chi connectivity index (χ4n) is 3.12. The van der Waals surface area contributed by atoms with Gasteiger partial charge in [-0.05, 0) is 30.5 Å². The highest BCUT2D eigenvalue weighted by Gasteiger charge is 2.21. The van der Waals surface area contributed by atoms with Crippen LogP contribution < -0.4 is 5.32 Å². The molecule has 1 amide bonds.